The molecule has 2 N–H and O–H groups in total. The van der Waals surface area contributed by atoms with Crippen molar-refractivity contribution in [1.29, 1.82) is 0 Å². The first-order valence-electron chi connectivity index (χ1n) is 11.5. The summed E-state index contributed by atoms with van der Waals surface area (Å²) < 4.78 is 27.3. The van der Waals surface area contributed by atoms with Crippen LogP contribution >= 0.6 is 0 Å². The summed E-state index contributed by atoms with van der Waals surface area (Å²) in [6.45, 7) is 4.31. The average molecular weight is 448 g/mol. The molecule has 2 aromatic carbocycles. The van der Waals surface area contributed by atoms with Crippen molar-refractivity contribution in [2.75, 3.05) is 19.7 Å². The summed E-state index contributed by atoms with van der Waals surface area (Å²) in [5.41, 5.74) is 4.37. The summed E-state index contributed by atoms with van der Waals surface area (Å²) in [7, 11) is 0. The Morgan fingerprint density at radius 3 is 2.91 bits per heavy atom. The predicted octanol–water partition coefficient (Wildman–Crippen LogP) is 4.85. The molecule has 0 bridgehead atoms. The summed E-state index contributed by atoms with van der Waals surface area (Å²) in [4.78, 5) is 9.83. The second kappa shape index (κ2) is 8.01. The number of aliphatic hydroxyl groups is 1. The monoisotopic (exact) mass is 447 g/mol. The smallest absolute Gasteiger partial charge is 0.175 e. The van der Waals surface area contributed by atoms with Gasteiger partial charge in [-0.3, -0.25) is 9.88 Å². The van der Waals surface area contributed by atoms with E-state index in [1.165, 1.54) is 0 Å². The third kappa shape index (κ3) is 3.52. The third-order valence-corrected chi connectivity index (χ3v) is 6.74. The second-order valence-corrected chi connectivity index (χ2v) is 8.97. The molecule has 2 aliphatic rings. The molecule has 6 rings (SSSR count). The highest BCUT2D eigenvalue weighted by Crippen LogP contribution is 2.42. The number of hydrogen-bond donors (Lipinski definition) is 2. The molecule has 1 unspecified atom stereocenters. The van der Waals surface area contributed by atoms with Crippen molar-refractivity contribution in [3.8, 4) is 17.2 Å². The molecule has 0 radical (unpaired) electrons. The van der Waals surface area contributed by atoms with Gasteiger partial charge in [0, 0.05) is 65.2 Å². The number of hydrogen-bond acceptors (Lipinski definition) is 5. The number of likely N-dealkylation sites (tertiary alicyclic amines) is 1. The molecule has 1 atom stereocenters. The van der Waals surface area contributed by atoms with E-state index in [1.54, 1.807) is 24.4 Å². The van der Waals surface area contributed by atoms with Gasteiger partial charge in [0.1, 0.15) is 17.7 Å². The molecule has 1 saturated heterocycles. The lowest BCUT2D eigenvalue weighted by molar-refractivity contribution is 0.0209. The number of aromatic amines is 1. The molecule has 2 aliphatic heterocycles. The molecule has 7 heteroatoms. The number of H-pyrrole nitrogens is 1. The van der Waals surface area contributed by atoms with Gasteiger partial charge in [-0.15, -0.1) is 0 Å². The zero-order valence-corrected chi connectivity index (χ0v) is 18.5. The van der Waals surface area contributed by atoms with Crippen molar-refractivity contribution in [2.24, 2.45) is 0 Å². The van der Waals surface area contributed by atoms with Gasteiger partial charge in [0.15, 0.2) is 11.6 Å². The zero-order valence-electron chi connectivity index (χ0n) is 18.5. The Bertz CT molecular complexity index is 1360. The van der Waals surface area contributed by atoms with Crippen molar-refractivity contribution >= 4 is 21.8 Å². The lowest BCUT2D eigenvalue weighted by atomic mass is 9.98. The van der Waals surface area contributed by atoms with Crippen LogP contribution in [0, 0.1) is 12.7 Å². The van der Waals surface area contributed by atoms with E-state index in [9.17, 15) is 5.11 Å². The number of ether oxygens (including phenoxy) is 2. The minimum Gasteiger partial charge on any atom is -0.493 e. The van der Waals surface area contributed by atoms with Crippen molar-refractivity contribution in [1.82, 2.24) is 14.9 Å². The molecule has 0 spiro atoms. The fourth-order valence-corrected chi connectivity index (χ4v) is 5.17. The number of aliphatic hydroxyl groups excluding tert-OH is 1. The van der Waals surface area contributed by atoms with Crippen LogP contribution in [0.25, 0.3) is 21.8 Å². The van der Waals surface area contributed by atoms with E-state index in [-0.39, 0.29) is 11.6 Å². The Morgan fingerprint density at radius 1 is 1.21 bits per heavy atom. The fourth-order valence-electron chi connectivity index (χ4n) is 5.17. The summed E-state index contributed by atoms with van der Waals surface area (Å²) in [6.07, 6.45) is 4.59. The summed E-state index contributed by atoms with van der Waals surface area (Å²) in [5.74, 6) is 1.14. The number of pyridine rings is 1. The molecular weight excluding hydrogens is 421 g/mol. The van der Waals surface area contributed by atoms with Crippen molar-refractivity contribution in [3.05, 3.63) is 59.2 Å². The fraction of sp³-hybridized carbons (Fsp3) is 0.346. The standard InChI is InChI=1S/C26H26FN3O3/c1-15-12-18-19(29-15)4-5-22(25(18)27)33-21-6-8-28-20-13-16(14-23(31)30-9-2-3-10-30)26-17(24(20)21)7-11-32-26/h4-6,8,12-13,23,29,31H,2-3,7,9-11,14H2,1H3. The molecule has 0 saturated carbocycles. The van der Waals surface area contributed by atoms with E-state index in [2.05, 4.69) is 14.9 Å². The molecule has 0 aliphatic carbocycles. The molecule has 33 heavy (non-hydrogen) atoms. The average Bonchev–Trinajstić information content (AvgIpc) is 3.56. The maximum atomic E-state index is 15.2. The minimum atomic E-state index is -0.539. The Labute approximate surface area is 191 Å². The number of fused-ring (bicyclic) bond motifs is 4. The van der Waals surface area contributed by atoms with Crippen LogP contribution in [0.5, 0.6) is 17.2 Å². The van der Waals surface area contributed by atoms with Crippen LogP contribution in [0.15, 0.2) is 36.5 Å². The van der Waals surface area contributed by atoms with Gasteiger partial charge in [0.25, 0.3) is 0 Å². The highest BCUT2D eigenvalue weighted by Gasteiger charge is 2.27. The van der Waals surface area contributed by atoms with Crippen LogP contribution in [-0.2, 0) is 12.8 Å². The first-order chi connectivity index (χ1) is 16.1. The predicted molar refractivity (Wildman–Crippen MR) is 125 cm³/mol. The Balaban J connectivity index is 1.40. The van der Waals surface area contributed by atoms with E-state index in [0.717, 1.165) is 71.3 Å². The van der Waals surface area contributed by atoms with Gasteiger partial charge in [-0.25, -0.2) is 4.39 Å². The Morgan fingerprint density at radius 2 is 2.06 bits per heavy atom. The van der Waals surface area contributed by atoms with Gasteiger partial charge in [0.2, 0.25) is 0 Å². The highest BCUT2D eigenvalue weighted by molar-refractivity contribution is 5.92. The maximum Gasteiger partial charge on any atom is 0.175 e. The van der Waals surface area contributed by atoms with Crippen LogP contribution in [0.1, 0.15) is 29.7 Å². The van der Waals surface area contributed by atoms with E-state index in [0.29, 0.717) is 24.2 Å². The van der Waals surface area contributed by atoms with Crippen LogP contribution in [0.4, 0.5) is 4.39 Å². The summed E-state index contributed by atoms with van der Waals surface area (Å²) >= 11 is 0. The number of aromatic nitrogens is 2. The zero-order chi connectivity index (χ0) is 22.5. The Kier molecular flexibility index (Phi) is 4.96. The topological polar surface area (TPSA) is 70.6 Å². The van der Waals surface area contributed by atoms with Gasteiger partial charge in [-0.05, 0) is 50.1 Å². The van der Waals surface area contributed by atoms with Gasteiger partial charge in [-0.2, -0.15) is 0 Å². The summed E-state index contributed by atoms with van der Waals surface area (Å²) in [6, 6.07) is 9.00. The van der Waals surface area contributed by atoms with Crippen LogP contribution in [-0.4, -0.2) is 45.9 Å². The minimum absolute atomic E-state index is 0.176. The molecule has 1 fully saturated rings. The third-order valence-electron chi connectivity index (χ3n) is 6.74. The van der Waals surface area contributed by atoms with Gasteiger partial charge >= 0.3 is 0 Å². The molecule has 6 nitrogen and oxygen atoms in total. The number of nitrogens with zero attached hydrogens (tertiary/aromatic N) is 2. The van der Waals surface area contributed by atoms with Gasteiger partial charge < -0.3 is 19.6 Å². The Hall–Kier alpha value is -3.16. The molecule has 2 aromatic heterocycles. The first kappa shape index (κ1) is 20.4. The molecular formula is C26H26FN3O3. The lowest BCUT2D eigenvalue weighted by Crippen LogP contribution is -2.34. The van der Waals surface area contributed by atoms with Gasteiger partial charge in [-0.1, -0.05) is 0 Å². The second-order valence-electron chi connectivity index (χ2n) is 8.97. The van der Waals surface area contributed by atoms with Crippen molar-refractivity contribution in [3.63, 3.8) is 0 Å². The van der Waals surface area contributed by atoms with E-state index < -0.39 is 6.23 Å². The number of nitrogens with one attached hydrogen (secondary N) is 1. The van der Waals surface area contributed by atoms with E-state index >= 15 is 4.39 Å². The quantitative estimate of drug-likeness (QED) is 0.458. The molecule has 170 valence electrons. The first-order valence-corrected chi connectivity index (χ1v) is 11.5. The summed E-state index contributed by atoms with van der Waals surface area (Å²) in [5, 5.41) is 12.1. The molecule has 4 aromatic rings. The normalized spacial score (nSPS) is 16.9. The lowest BCUT2D eigenvalue weighted by Gasteiger charge is -2.23. The number of halogens is 1. The molecule has 0 amide bonds. The SMILES string of the molecule is Cc1cc2c(F)c(Oc3ccnc4cc(CC(O)N5CCCC5)c5c(c34)CCO5)ccc2[nH]1. The van der Waals surface area contributed by atoms with E-state index in [4.69, 9.17) is 9.47 Å². The van der Waals surface area contributed by atoms with Crippen LogP contribution < -0.4 is 9.47 Å². The number of benzene rings is 2. The van der Waals surface area contributed by atoms with Crippen LogP contribution in [0.3, 0.4) is 0 Å². The molecule has 4 heterocycles. The number of aryl methyl sites for hydroxylation is 1. The van der Waals surface area contributed by atoms with Gasteiger partial charge in [0.05, 0.1) is 12.1 Å². The maximum absolute atomic E-state index is 15.2. The van der Waals surface area contributed by atoms with Crippen molar-refractivity contribution in [2.45, 2.75) is 38.8 Å². The van der Waals surface area contributed by atoms with Crippen molar-refractivity contribution < 1.29 is 19.0 Å². The van der Waals surface area contributed by atoms with E-state index in [1.807, 2.05) is 19.1 Å². The largest absolute Gasteiger partial charge is 0.493 e. The number of rotatable bonds is 5. The van der Waals surface area contributed by atoms with Crippen LogP contribution in [0.2, 0.25) is 0 Å². The highest BCUT2D eigenvalue weighted by atomic mass is 19.1.